The number of fused-ring (bicyclic) bond motifs is 1. The molecule has 4 rings (SSSR count). The molecule has 1 aliphatic rings. The molecule has 2 heterocycles. The first-order valence-corrected chi connectivity index (χ1v) is 11.8. The van der Waals surface area contributed by atoms with Gasteiger partial charge < -0.3 is 9.32 Å². The van der Waals surface area contributed by atoms with Crippen molar-refractivity contribution >= 4 is 50.2 Å². The molecule has 1 aromatic heterocycles. The first kappa shape index (κ1) is 21.9. The van der Waals surface area contributed by atoms with Crippen LogP contribution in [0.5, 0.6) is 0 Å². The van der Waals surface area contributed by atoms with E-state index in [0.29, 0.717) is 11.1 Å². The van der Waals surface area contributed by atoms with E-state index in [1.165, 1.54) is 27.1 Å². The summed E-state index contributed by atoms with van der Waals surface area (Å²) in [6.07, 6.45) is 0.107. The average molecular weight is 484 g/mol. The normalized spacial score (nSPS) is 15.5. The number of aryl methyl sites for hydroxylation is 1. The van der Waals surface area contributed by atoms with Gasteiger partial charge in [-0.3, -0.25) is 9.36 Å². The lowest BCUT2D eigenvalue weighted by atomic mass is 10.3. The fraction of sp³-hybridized carbons (Fsp3) is 0.300. The zero-order valence-electron chi connectivity index (χ0n) is 16.3. The Balaban J connectivity index is 1.39. The summed E-state index contributed by atoms with van der Waals surface area (Å²) in [7, 11) is -3.82. The van der Waals surface area contributed by atoms with Crippen molar-refractivity contribution in [3.05, 3.63) is 63.1 Å². The summed E-state index contributed by atoms with van der Waals surface area (Å²) < 4.78 is 33.7. The van der Waals surface area contributed by atoms with E-state index in [1.807, 2.05) is 0 Å². The molecule has 1 aliphatic heterocycles. The third-order valence-corrected chi connectivity index (χ3v) is 7.84. The Morgan fingerprint density at radius 3 is 2.48 bits per heavy atom. The fourth-order valence-corrected chi connectivity index (χ4v) is 5.74. The topological polar surface area (TPSA) is 92.8 Å². The van der Waals surface area contributed by atoms with Crippen molar-refractivity contribution in [3.63, 3.8) is 0 Å². The van der Waals surface area contributed by atoms with Gasteiger partial charge in [0.1, 0.15) is 4.90 Å². The molecule has 0 unspecified atom stereocenters. The van der Waals surface area contributed by atoms with Crippen LogP contribution in [0.25, 0.3) is 11.1 Å². The van der Waals surface area contributed by atoms with Gasteiger partial charge in [0, 0.05) is 44.2 Å². The number of nitrogens with zero attached hydrogens (tertiary/aromatic N) is 3. The molecule has 0 bridgehead atoms. The highest BCUT2D eigenvalue weighted by atomic mass is 35.5. The van der Waals surface area contributed by atoms with Crippen molar-refractivity contribution in [1.82, 2.24) is 13.8 Å². The van der Waals surface area contributed by atoms with Crippen molar-refractivity contribution in [2.45, 2.75) is 17.9 Å². The number of hydrogen-bond acceptors (Lipinski definition) is 5. The summed E-state index contributed by atoms with van der Waals surface area (Å²) in [5, 5.41) is 0.375. The third kappa shape index (κ3) is 4.36. The lowest BCUT2D eigenvalue weighted by Crippen LogP contribution is -2.50. The van der Waals surface area contributed by atoms with E-state index in [1.54, 1.807) is 29.2 Å². The Labute approximate surface area is 188 Å². The van der Waals surface area contributed by atoms with Crippen LogP contribution in [0, 0.1) is 0 Å². The van der Waals surface area contributed by atoms with E-state index in [9.17, 15) is 18.0 Å². The summed E-state index contributed by atoms with van der Waals surface area (Å²) in [6.45, 7) is 0.969. The molecule has 8 nitrogen and oxygen atoms in total. The number of carbonyl (C=O) groups excluding carboxylic acids is 1. The number of carbonyl (C=O) groups is 1. The first-order valence-electron chi connectivity index (χ1n) is 9.59. The highest BCUT2D eigenvalue weighted by Gasteiger charge is 2.31. The van der Waals surface area contributed by atoms with Gasteiger partial charge in [0.05, 0.1) is 10.5 Å². The molecule has 0 radical (unpaired) electrons. The molecule has 0 spiro atoms. The maximum atomic E-state index is 12.9. The van der Waals surface area contributed by atoms with Crippen LogP contribution < -0.4 is 5.76 Å². The van der Waals surface area contributed by atoms with Gasteiger partial charge in [0.2, 0.25) is 15.9 Å². The zero-order chi connectivity index (χ0) is 22.2. The van der Waals surface area contributed by atoms with E-state index in [0.717, 1.165) is 0 Å². The zero-order valence-corrected chi connectivity index (χ0v) is 18.7. The van der Waals surface area contributed by atoms with Gasteiger partial charge in [-0.2, -0.15) is 4.31 Å². The number of aromatic nitrogens is 1. The minimum Gasteiger partial charge on any atom is -0.408 e. The van der Waals surface area contributed by atoms with Gasteiger partial charge in [-0.25, -0.2) is 13.2 Å². The molecule has 1 amide bonds. The van der Waals surface area contributed by atoms with Crippen molar-refractivity contribution in [1.29, 1.82) is 0 Å². The highest BCUT2D eigenvalue weighted by molar-refractivity contribution is 7.89. The van der Waals surface area contributed by atoms with Crippen LogP contribution >= 0.6 is 23.2 Å². The molecule has 11 heteroatoms. The van der Waals surface area contributed by atoms with Gasteiger partial charge >= 0.3 is 5.76 Å². The predicted octanol–water partition coefficient (Wildman–Crippen LogP) is 2.82. The molecule has 1 fully saturated rings. The molecular formula is C20H19Cl2N3O5S. The highest BCUT2D eigenvalue weighted by Crippen LogP contribution is 2.28. The number of hydrogen-bond donors (Lipinski definition) is 0. The number of halogens is 2. The number of rotatable bonds is 5. The van der Waals surface area contributed by atoms with Crippen LogP contribution in [0.3, 0.4) is 0 Å². The van der Waals surface area contributed by atoms with Gasteiger partial charge in [-0.1, -0.05) is 35.3 Å². The summed E-state index contributed by atoms with van der Waals surface area (Å²) in [6, 6.07) is 11.3. The van der Waals surface area contributed by atoms with Crippen LogP contribution in [0.1, 0.15) is 6.42 Å². The smallest absolute Gasteiger partial charge is 0.408 e. The van der Waals surface area contributed by atoms with Gasteiger partial charge in [-0.05, 0) is 30.3 Å². The summed E-state index contributed by atoms with van der Waals surface area (Å²) in [4.78, 5) is 26.2. The van der Waals surface area contributed by atoms with Crippen molar-refractivity contribution < 1.29 is 17.6 Å². The number of amides is 1. The van der Waals surface area contributed by atoms with E-state index in [-0.39, 0.29) is 60.0 Å². The Bertz CT molecular complexity index is 1290. The SMILES string of the molecule is O=C(CCn1c(=O)oc2ccccc21)N1CCN(S(=O)(=O)c2cc(Cl)ccc2Cl)CC1. The number of benzene rings is 2. The monoisotopic (exact) mass is 483 g/mol. The van der Waals surface area contributed by atoms with E-state index >= 15 is 0 Å². The number of piperazine rings is 1. The van der Waals surface area contributed by atoms with E-state index in [2.05, 4.69) is 0 Å². The van der Waals surface area contributed by atoms with Gasteiger partial charge in [0.15, 0.2) is 5.58 Å². The molecule has 0 saturated carbocycles. The molecule has 3 aromatic rings. The number of sulfonamides is 1. The molecule has 1 saturated heterocycles. The first-order chi connectivity index (χ1) is 14.8. The second-order valence-electron chi connectivity index (χ2n) is 7.10. The molecule has 164 valence electrons. The fourth-order valence-electron chi connectivity index (χ4n) is 3.58. The lowest BCUT2D eigenvalue weighted by molar-refractivity contribution is -0.132. The summed E-state index contributed by atoms with van der Waals surface area (Å²) in [5.74, 6) is -0.668. The molecule has 2 aromatic carbocycles. The molecular weight excluding hydrogens is 465 g/mol. The van der Waals surface area contributed by atoms with Crippen LogP contribution in [0.2, 0.25) is 10.0 Å². The van der Waals surface area contributed by atoms with Crippen LogP contribution in [-0.4, -0.2) is 54.3 Å². The van der Waals surface area contributed by atoms with Crippen molar-refractivity contribution in [2.75, 3.05) is 26.2 Å². The summed E-state index contributed by atoms with van der Waals surface area (Å²) >= 11 is 12.0. The molecule has 0 N–H and O–H groups in total. The molecule has 31 heavy (non-hydrogen) atoms. The Morgan fingerprint density at radius 2 is 1.74 bits per heavy atom. The summed E-state index contributed by atoms with van der Waals surface area (Å²) in [5.41, 5.74) is 1.10. The minimum atomic E-state index is -3.82. The van der Waals surface area contributed by atoms with Gasteiger partial charge in [-0.15, -0.1) is 0 Å². The quantitative estimate of drug-likeness (QED) is 0.556. The van der Waals surface area contributed by atoms with Crippen LogP contribution in [0.15, 0.2) is 56.6 Å². The minimum absolute atomic E-state index is 0.0485. The molecule has 0 aliphatic carbocycles. The van der Waals surface area contributed by atoms with Crippen molar-refractivity contribution in [2.24, 2.45) is 0 Å². The second-order valence-corrected chi connectivity index (χ2v) is 9.85. The Hall–Kier alpha value is -2.33. The maximum Gasteiger partial charge on any atom is 0.419 e. The predicted molar refractivity (Wildman–Crippen MR) is 117 cm³/mol. The third-order valence-electron chi connectivity index (χ3n) is 5.23. The average Bonchev–Trinajstić information content (AvgIpc) is 3.08. The van der Waals surface area contributed by atoms with Crippen molar-refractivity contribution in [3.8, 4) is 0 Å². The van der Waals surface area contributed by atoms with Crippen LogP contribution in [0.4, 0.5) is 0 Å². The number of para-hydroxylation sites is 2. The van der Waals surface area contributed by atoms with E-state index in [4.69, 9.17) is 27.6 Å². The lowest BCUT2D eigenvalue weighted by Gasteiger charge is -2.34. The van der Waals surface area contributed by atoms with E-state index < -0.39 is 15.8 Å². The Morgan fingerprint density at radius 1 is 1.03 bits per heavy atom. The Kier molecular flexibility index (Phi) is 6.11. The second kappa shape index (κ2) is 8.66. The standard InChI is InChI=1S/C20H19Cl2N3O5S/c21-14-5-6-15(22)18(13-14)31(28,29)24-11-9-23(10-12-24)19(26)7-8-25-16-3-1-2-4-17(16)30-20(25)27/h1-6,13H,7-12H2. The van der Waals surface area contributed by atoms with Crippen LogP contribution in [-0.2, 0) is 21.4 Å². The number of oxazole rings is 1. The maximum absolute atomic E-state index is 12.9. The largest absolute Gasteiger partial charge is 0.419 e. The molecule has 0 atom stereocenters. The van der Waals surface area contributed by atoms with Gasteiger partial charge in [0.25, 0.3) is 0 Å².